The minimum absolute atomic E-state index is 0.242. The molecule has 0 fully saturated rings. The van der Waals surface area contributed by atoms with E-state index in [4.69, 9.17) is 11.6 Å². The first kappa shape index (κ1) is 22.7. The molecule has 12 heteroatoms. The average molecular weight is 492 g/mol. The average Bonchev–Trinajstić information content (AvgIpc) is 3.39. The lowest BCUT2D eigenvalue weighted by Crippen LogP contribution is -2.33. The highest BCUT2D eigenvalue weighted by Gasteiger charge is 2.23. The van der Waals surface area contributed by atoms with Gasteiger partial charge in [-0.2, -0.15) is 5.10 Å². The number of nitrogens with one attached hydrogen (secondary N) is 1. The fraction of sp³-hybridized carbons (Fsp3) is 0.261. The number of hydrogen-bond donors (Lipinski definition) is 1. The van der Waals surface area contributed by atoms with Gasteiger partial charge in [0.25, 0.3) is 11.5 Å². The van der Waals surface area contributed by atoms with Crippen molar-refractivity contribution in [1.82, 2.24) is 44.7 Å². The van der Waals surface area contributed by atoms with Crippen LogP contribution in [0.1, 0.15) is 40.5 Å². The van der Waals surface area contributed by atoms with E-state index in [-0.39, 0.29) is 11.5 Å². The van der Waals surface area contributed by atoms with Gasteiger partial charge in [0.15, 0.2) is 11.5 Å². The molecular formula is C23H22ClN9O2. The Morgan fingerprint density at radius 1 is 1.26 bits per heavy atom. The predicted octanol–water partition coefficient (Wildman–Crippen LogP) is 2.26. The zero-order valence-corrected chi connectivity index (χ0v) is 20.1. The fourth-order valence-electron chi connectivity index (χ4n) is 4.24. The number of aryl methyl sites for hydroxylation is 3. The number of carbonyl (C=O) groups excluding carboxylic acids is 1. The Balaban J connectivity index is 1.55. The molecule has 11 nitrogen and oxygen atoms in total. The second-order valence-corrected chi connectivity index (χ2v) is 8.65. The zero-order valence-electron chi connectivity index (χ0n) is 19.3. The number of halogens is 1. The highest BCUT2D eigenvalue weighted by Crippen LogP contribution is 2.24. The third-order valence-corrected chi connectivity index (χ3v) is 6.29. The van der Waals surface area contributed by atoms with Gasteiger partial charge < -0.3 is 9.88 Å². The van der Waals surface area contributed by atoms with E-state index < -0.39 is 6.04 Å². The van der Waals surface area contributed by atoms with Gasteiger partial charge in [0.05, 0.1) is 22.1 Å². The highest BCUT2D eigenvalue weighted by molar-refractivity contribution is 6.35. The van der Waals surface area contributed by atoms with Crippen LogP contribution in [0.15, 0.2) is 47.5 Å². The van der Waals surface area contributed by atoms with Gasteiger partial charge in [-0.3, -0.25) is 9.59 Å². The lowest BCUT2D eigenvalue weighted by molar-refractivity contribution is 0.0939. The van der Waals surface area contributed by atoms with E-state index >= 15 is 0 Å². The molecule has 0 bridgehead atoms. The molecule has 1 aromatic carbocycles. The van der Waals surface area contributed by atoms with Crippen molar-refractivity contribution in [2.45, 2.75) is 32.9 Å². The zero-order chi connectivity index (χ0) is 24.7. The van der Waals surface area contributed by atoms with Gasteiger partial charge in [-0.15, -0.1) is 5.10 Å². The van der Waals surface area contributed by atoms with Gasteiger partial charge in [-0.25, -0.2) is 14.2 Å². The van der Waals surface area contributed by atoms with Gasteiger partial charge >= 0.3 is 0 Å². The van der Waals surface area contributed by atoms with Crippen LogP contribution in [0.4, 0.5) is 0 Å². The number of benzene rings is 1. The van der Waals surface area contributed by atoms with Crippen molar-refractivity contribution in [3.63, 3.8) is 0 Å². The number of aromatic nitrogens is 8. The van der Waals surface area contributed by atoms with E-state index in [1.165, 1.54) is 0 Å². The molecule has 5 rings (SSSR count). The molecule has 178 valence electrons. The van der Waals surface area contributed by atoms with E-state index in [0.717, 1.165) is 0 Å². The quantitative estimate of drug-likeness (QED) is 0.386. The summed E-state index contributed by atoms with van der Waals surface area (Å²) in [4.78, 5) is 31.1. The molecule has 4 heterocycles. The maximum absolute atomic E-state index is 13.5. The van der Waals surface area contributed by atoms with Gasteiger partial charge in [-0.1, -0.05) is 23.7 Å². The largest absolute Gasteiger partial charge is 0.344 e. The van der Waals surface area contributed by atoms with Crippen molar-refractivity contribution in [2.75, 3.05) is 0 Å². The molecule has 0 radical (unpaired) electrons. The second kappa shape index (κ2) is 8.91. The normalized spacial score (nSPS) is 12.3. The lowest BCUT2D eigenvalue weighted by atomic mass is 10.1. The Morgan fingerprint density at radius 3 is 2.86 bits per heavy atom. The second-order valence-electron chi connectivity index (χ2n) is 8.24. The number of carbonyl (C=O) groups is 1. The van der Waals surface area contributed by atoms with Crippen molar-refractivity contribution in [2.24, 2.45) is 7.05 Å². The Bertz CT molecular complexity index is 1640. The molecule has 35 heavy (non-hydrogen) atoms. The van der Waals surface area contributed by atoms with Gasteiger partial charge in [0.1, 0.15) is 5.56 Å². The maximum Gasteiger partial charge on any atom is 0.260 e. The molecule has 1 amide bonds. The summed E-state index contributed by atoms with van der Waals surface area (Å²) in [5.74, 6) is 0.304. The van der Waals surface area contributed by atoms with Crippen LogP contribution in [0.3, 0.4) is 0 Å². The summed E-state index contributed by atoms with van der Waals surface area (Å²) in [6.45, 7) is 3.90. The minimum atomic E-state index is -0.505. The molecule has 0 saturated carbocycles. The third-order valence-electron chi connectivity index (χ3n) is 5.98. The molecular weight excluding hydrogens is 470 g/mol. The van der Waals surface area contributed by atoms with Crippen molar-refractivity contribution in [3.8, 4) is 0 Å². The minimum Gasteiger partial charge on any atom is -0.344 e. The molecule has 0 saturated heterocycles. The standard InChI is InChI=1S/C23H22ClN9O2/c1-13(26-22(34)19-14(2)28-33-10-5-9-25-21(19)33)17-12-15-6-4-7-16(24)20(15)23(35)32(17)11-8-18-27-29-30-31(18)3/h4-7,9-10,12-13H,8,11H2,1-3H3,(H,26,34)/t13-/m0/s1. The number of nitrogens with zero attached hydrogens (tertiary/aromatic N) is 8. The SMILES string of the molecule is Cc1nn2cccnc2c1C(=O)N[C@@H](C)c1cc2cccc(Cl)c2c(=O)n1CCc1nnnn1C. The van der Waals surface area contributed by atoms with Crippen molar-refractivity contribution in [3.05, 3.63) is 80.9 Å². The third kappa shape index (κ3) is 4.03. The summed E-state index contributed by atoms with van der Waals surface area (Å²) in [7, 11) is 1.74. The molecule has 0 aliphatic carbocycles. The Kier molecular flexibility index (Phi) is 5.77. The van der Waals surface area contributed by atoms with Crippen LogP contribution >= 0.6 is 11.6 Å². The first-order chi connectivity index (χ1) is 16.8. The van der Waals surface area contributed by atoms with Gasteiger partial charge in [-0.05, 0) is 47.9 Å². The van der Waals surface area contributed by atoms with Crippen LogP contribution < -0.4 is 10.9 Å². The van der Waals surface area contributed by atoms with E-state index in [9.17, 15) is 9.59 Å². The number of tetrazole rings is 1. The van der Waals surface area contributed by atoms with Crippen LogP contribution in [0, 0.1) is 6.92 Å². The summed E-state index contributed by atoms with van der Waals surface area (Å²) in [5.41, 5.74) is 1.81. The first-order valence-corrected chi connectivity index (χ1v) is 11.4. The Labute approximate surface area is 204 Å². The Morgan fingerprint density at radius 2 is 2.09 bits per heavy atom. The lowest BCUT2D eigenvalue weighted by Gasteiger charge is -2.21. The van der Waals surface area contributed by atoms with Crippen molar-refractivity contribution >= 4 is 33.9 Å². The predicted molar refractivity (Wildman–Crippen MR) is 129 cm³/mol. The number of fused-ring (bicyclic) bond motifs is 2. The maximum atomic E-state index is 13.5. The van der Waals surface area contributed by atoms with Crippen LogP contribution in [0.5, 0.6) is 0 Å². The van der Waals surface area contributed by atoms with E-state index in [1.54, 1.807) is 58.3 Å². The van der Waals surface area contributed by atoms with E-state index in [2.05, 4.69) is 30.9 Å². The highest BCUT2D eigenvalue weighted by atomic mass is 35.5. The molecule has 0 aliphatic rings. The molecule has 0 spiro atoms. The van der Waals surface area contributed by atoms with Crippen LogP contribution in [0.25, 0.3) is 16.4 Å². The van der Waals surface area contributed by atoms with Crippen LogP contribution in [-0.4, -0.2) is 45.3 Å². The first-order valence-electron chi connectivity index (χ1n) is 11.0. The number of hydrogen-bond acceptors (Lipinski definition) is 7. The topological polar surface area (TPSA) is 125 Å². The fourth-order valence-corrected chi connectivity index (χ4v) is 4.51. The Hall–Kier alpha value is -4.12. The van der Waals surface area contributed by atoms with Gasteiger partial charge in [0, 0.05) is 38.1 Å². The number of amides is 1. The van der Waals surface area contributed by atoms with E-state index in [1.807, 2.05) is 19.1 Å². The number of rotatable bonds is 6. The van der Waals surface area contributed by atoms with Crippen LogP contribution in [0.2, 0.25) is 5.02 Å². The monoisotopic (exact) mass is 491 g/mol. The summed E-state index contributed by atoms with van der Waals surface area (Å²) >= 11 is 6.38. The molecule has 5 aromatic rings. The smallest absolute Gasteiger partial charge is 0.260 e. The van der Waals surface area contributed by atoms with Gasteiger partial charge in [0.2, 0.25) is 0 Å². The van der Waals surface area contributed by atoms with E-state index in [0.29, 0.717) is 57.2 Å². The molecule has 1 atom stereocenters. The number of pyridine rings is 1. The van der Waals surface area contributed by atoms with Crippen molar-refractivity contribution in [1.29, 1.82) is 0 Å². The summed E-state index contributed by atoms with van der Waals surface area (Å²) in [5, 5.41) is 20.4. The summed E-state index contributed by atoms with van der Waals surface area (Å²) in [6.07, 6.45) is 3.77. The van der Waals surface area contributed by atoms with Crippen LogP contribution in [-0.2, 0) is 20.0 Å². The molecule has 1 N–H and O–H groups in total. The summed E-state index contributed by atoms with van der Waals surface area (Å²) < 4.78 is 4.75. The summed E-state index contributed by atoms with van der Waals surface area (Å²) in [6, 6.07) is 8.43. The molecule has 4 aromatic heterocycles. The molecule has 0 aliphatic heterocycles. The molecule has 0 unspecified atom stereocenters. The van der Waals surface area contributed by atoms with Crippen molar-refractivity contribution < 1.29 is 4.79 Å².